The molecular formula is C15H13ClFNO3. The van der Waals surface area contributed by atoms with E-state index in [0.717, 1.165) is 0 Å². The van der Waals surface area contributed by atoms with Crippen molar-refractivity contribution in [2.24, 2.45) is 0 Å². The van der Waals surface area contributed by atoms with Crippen LogP contribution in [0.25, 0.3) is 0 Å². The summed E-state index contributed by atoms with van der Waals surface area (Å²) in [5, 5.41) is 10.9. The third kappa shape index (κ3) is 3.70. The predicted octanol–water partition coefficient (Wildman–Crippen LogP) is 4.09. The second kappa shape index (κ2) is 7.04. The van der Waals surface area contributed by atoms with Crippen LogP contribution in [0.1, 0.15) is 11.1 Å². The summed E-state index contributed by atoms with van der Waals surface area (Å²) in [6.45, 7) is 0.135. The second-order valence-electron chi connectivity index (χ2n) is 4.35. The van der Waals surface area contributed by atoms with E-state index in [1.54, 1.807) is 30.3 Å². The van der Waals surface area contributed by atoms with E-state index in [-0.39, 0.29) is 23.9 Å². The number of hydrogen-bond acceptors (Lipinski definition) is 3. The van der Waals surface area contributed by atoms with Crippen molar-refractivity contribution in [2.45, 2.75) is 12.3 Å². The molecule has 0 fully saturated rings. The first kappa shape index (κ1) is 15.3. The van der Waals surface area contributed by atoms with Crippen LogP contribution in [0, 0.1) is 15.9 Å². The minimum atomic E-state index is -0.490. The lowest BCUT2D eigenvalue weighted by molar-refractivity contribution is -0.385. The molecule has 4 nitrogen and oxygen atoms in total. The summed E-state index contributed by atoms with van der Waals surface area (Å²) in [5.74, 6) is -0.250. The normalized spacial score (nSPS) is 10.4. The lowest BCUT2D eigenvalue weighted by Gasteiger charge is -2.11. The van der Waals surface area contributed by atoms with Gasteiger partial charge in [-0.15, -0.1) is 11.6 Å². The monoisotopic (exact) mass is 309 g/mol. The van der Waals surface area contributed by atoms with Crippen molar-refractivity contribution in [3.63, 3.8) is 0 Å². The highest BCUT2D eigenvalue weighted by Crippen LogP contribution is 2.25. The van der Waals surface area contributed by atoms with Crippen molar-refractivity contribution in [1.29, 1.82) is 0 Å². The van der Waals surface area contributed by atoms with Gasteiger partial charge in [0.15, 0.2) is 11.6 Å². The number of hydrogen-bond donors (Lipinski definition) is 0. The molecule has 0 radical (unpaired) electrons. The van der Waals surface area contributed by atoms with Crippen molar-refractivity contribution in [1.82, 2.24) is 0 Å². The van der Waals surface area contributed by atoms with E-state index in [4.69, 9.17) is 16.3 Å². The molecule has 0 aliphatic heterocycles. The number of rotatable bonds is 6. The number of nitro benzene ring substituents is 1. The smallest absolute Gasteiger partial charge is 0.272 e. The highest BCUT2D eigenvalue weighted by Gasteiger charge is 2.13. The number of alkyl halides is 1. The van der Waals surface area contributed by atoms with E-state index in [1.807, 2.05) is 0 Å². The molecule has 0 saturated heterocycles. The Morgan fingerprint density at radius 1 is 1.14 bits per heavy atom. The van der Waals surface area contributed by atoms with Crippen LogP contribution in [-0.2, 0) is 12.3 Å². The summed E-state index contributed by atoms with van der Waals surface area (Å²) in [6.07, 6.45) is 0.313. The van der Waals surface area contributed by atoms with Crippen LogP contribution in [0.15, 0.2) is 42.5 Å². The van der Waals surface area contributed by atoms with Gasteiger partial charge in [0.05, 0.1) is 17.4 Å². The quantitative estimate of drug-likeness (QED) is 0.459. The molecule has 0 bridgehead atoms. The Bertz CT molecular complexity index is 649. The fourth-order valence-corrected chi connectivity index (χ4v) is 2.19. The average Bonchev–Trinajstić information content (AvgIpc) is 2.49. The van der Waals surface area contributed by atoms with Crippen molar-refractivity contribution in [3.05, 3.63) is 69.5 Å². The molecule has 0 N–H and O–H groups in total. The van der Waals surface area contributed by atoms with Crippen LogP contribution in [0.4, 0.5) is 10.1 Å². The molecule has 0 aromatic heterocycles. The van der Waals surface area contributed by atoms with Crippen LogP contribution < -0.4 is 4.74 Å². The molecule has 0 spiro atoms. The van der Waals surface area contributed by atoms with Gasteiger partial charge in [0.25, 0.3) is 5.69 Å². The molecular weight excluding hydrogens is 297 g/mol. The van der Waals surface area contributed by atoms with Gasteiger partial charge in [0.1, 0.15) is 0 Å². The predicted molar refractivity (Wildman–Crippen MR) is 78.3 cm³/mol. The van der Waals surface area contributed by atoms with Gasteiger partial charge in [0, 0.05) is 23.6 Å². The van der Waals surface area contributed by atoms with E-state index in [1.165, 1.54) is 12.1 Å². The maximum atomic E-state index is 13.7. The Balaban J connectivity index is 2.07. The second-order valence-corrected chi connectivity index (χ2v) is 4.61. The van der Waals surface area contributed by atoms with Crippen LogP contribution >= 0.6 is 11.6 Å². The maximum absolute atomic E-state index is 13.7. The summed E-state index contributed by atoms with van der Waals surface area (Å²) in [7, 11) is 0. The Labute approximate surface area is 126 Å². The van der Waals surface area contributed by atoms with E-state index in [2.05, 4.69) is 0 Å². The molecule has 21 heavy (non-hydrogen) atoms. The summed E-state index contributed by atoms with van der Waals surface area (Å²) >= 11 is 5.73. The zero-order valence-electron chi connectivity index (χ0n) is 11.1. The Hall–Kier alpha value is -2.14. The fourth-order valence-electron chi connectivity index (χ4n) is 1.98. The van der Waals surface area contributed by atoms with Crippen LogP contribution in [-0.4, -0.2) is 11.5 Å². The van der Waals surface area contributed by atoms with Crippen molar-refractivity contribution in [3.8, 4) is 5.75 Å². The Morgan fingerprint density at radius 2 is 1.86 bits per heavy atom. The first-order valence-electron chi connectivity index (χ1n) is 6.32. The molecule has 0 amide bonds. The number of halogens is 2. The number of para-hydroxylation sites is 2. The first-order chi connectivity index (χ1) is 10.1. The highest BCUT2D eigenvalue weighted by molar-refractivity contribution is 6.17. The number of ether oxygens (including phenoxy) is 1. The van der Waals surface area contributed by atoms with E-state index < -0.39 is 10.7 Å². The third-order valence-electron chi connectivity index (χ3n) is 3.00. The minimum Gasteiger partial charge on any atom is -0.490 e. The molecule has 0 aliphatic carbocycles. The van der Waals surface area contributed by atoms with Gasteiger partial charge in [-0.1, -0.05) is 30.3 Å². The van der Waals surface area contributed by atoms with Crippen LogP contribution in [0.3, 0.4) is 0 Å². The van der Waals surface area contributed by atoms with Crippen LogP contribution in [0.2, 0.25) is 0 Å². The molecule has 2 aromatic rings. The average molecular weight is 310 g/mol. The summed E-state index contributed by atoms with van der Waals surface area (Å²) < 4.78 is 19.1. The van der Waals surface area contributed by atoms with Gasteiger partial charge in [-0.25, -0.2) is 4.39 Å². The minimum absolute atomic E-state index is 0.0344. The molecule has 2 aromatic carbocycles. The van der Waals surface area contributed by atoms with Crippen molar-refractivity contribution in [2.75, 3.05) is 6.61 Å². The van der Waals surface area contributed by atoms with Gasteiger partial charge in [-0.2, -0.15) is 0 Å². The van der Waals surface area contributed by atoms with Gasteiger partial charge in [0.2, 0.25) is 0 Å². The van der Waals surface area contributed by atoms with Gasteiger partial charge in [-0.05, 0) is 6.07 Å². The lowest BCUT2D eigenvalue weighted by Crippen LogP contribution is -2.06. The molecule has 0 aliphatic rings. The molecule has 110 valence electrons. The molecule has 0 unspecified atom stereocenters. The number of nitro groups is 1. The first-order valence-corrected chi connectivity index (χ1v) is 6.85. The van der Waals surface area contributed by atoms with Gasteiger partial charge < -0.3 is 4.74 Å². The molecule has 0 heterocycles. The Kier molecular flexibility index (Phi) is 5.11. The third-order valence-corrected chi connectivity index (χ3v) is 3.29. The molecule has 0 saturated carbocycles. The largest absolute Gasteiger partial charge is 0.490 e. The summed E-state index contributed by atoms with van der Waals surface area (Å²) in [6, 6.07) is 10.9. The molecule has 6 heteroatoms. The summed E-state index contributed by atoms with van der Waals surface area (Å²) in [5.41, 5.74) is 1.14. The zero-order valence-corrected chi connectivity index (χ0v) is 11.8. The van der Waals surface area contributed by atoms with E-state index in [9.17, 15) is 14.5 Å². The maximum Gasteiger partial charge on any atom is 0.272 e. The van der Waals surface area contributed by atoms with Crippen LogP contribution in [0.5, 0.6) is 5.75 Å². The van der Waals surface area contributed by atoms with Crippen molar-refractivity contribution < 1.29 is 14.1 Å². The lowest BCUT2D eigenvalue weighted by atomic mass is 10.1. The fraction of sp³-hybridized carbons (Fsp3) is 0.200. The topological polar surface area (TPSA) is 52.4 Å². The van der Waals surface area contributed by atoms with Gasteiger partial charge in [-0.3, -0.25) is 10.1 Å². The Morgan fingerprint density at radius 3 is 2.57 bits per heavy atom. The SMILES string of the molecule is O=[N+]([O-])c1ccccc1CCOc1c(F)cccc1CCl. The van der Waals surface area contributed by atoms with E-state index in [0.29, 0.717) is 17.5 Å². The molecule has 0 atom stereocenters. The standard InChI is InChI=1S/C15H13ClFNO3/c16-10-12-5-3-6-13(17)15(12)21-9-8-11-4-1-2-7-14(11)18(19)20/h1-7H,8-10H2. The number of nitrogens with zero attached hydrogens (tertiary/aromatic N) is 1. The summed E-state index contributed by atoms with van der Waals surface area (Å²) in [4.78, 5) is 10.5. The van der Waals surface area contributed by atoms with Crippen molar-refractivity contribution >= 4 is 17.3 Å². The molecule has 2 rings (SSSR count). The van der Waals surface area contributed by atoms with Gasteiger partial charge >= 0.3 is 0 Å². The highest BCUT2D eigenvalue weighted by atomic mass is 35.5. The van der Waals surface area contributed by atoms with E-state index >= 15 is 0 Å². The number of benzene rings is 2. The zero-order chi connectivity index (χ0) is 15.2.